The number of likely N-dealkylation sites (N-methyl/N-ethyl adjacent to an activating group) is 1. The van der Waals surface area contributed by atoms with Crippen LogP contribution in [0, 0.1) is 18.3 Å². The summed E-state index contributed by atoms with van der Waals surface area (Å²) in [5.41, 5.74) is 1.67. The summed E-state index contributed by atoms with van der Waals surface area (Å²) in [6, 6.07) is 4.14. The SMILES string of the molecule is Cc1ccnc(N(C)CCN2CCNCC2)c1C#N. The van der Waals surface area contributed by atoms with Gasteiger partial charge in [0.2, 0.25) is 0 Å². The number of pyridine rings is 1. The molecule has 2 heterocycles. The highest BCUT2D eigenvalue weighted by atomic mass is 15.2. The summed E-state index contributed by atoms with van der Waals surface area (Å²) in [6.45, 7) is 8.18. The van der Waals surface area contributed by atoms with Crippen LogP contribution in [0.4, 0.5) is 5.82 Å². The summed E-state index contributed by atoms with van der Waals surface area (Å²) in [7, 11) is 2.00. The minimum absolute atomic E-state index is 0.685. The predicted octanol–water partition coefficient (Wildman–Crippen LogP) is 0.603. The van der Waals surface area contributed by atoms with E-state index in [2.05, 4.69) is 26.2 Å². The Morgan fingerprint density at radius 1 is 1.47 bits per heavy atom. The van der Waals surface area contributed by atoms with Gasteiger partial charge < -0.3 is 10.2 Å². The molecule has 0 aromatic carbocycles. The van der Waals surface area contributed by atoms with Gasteiger partial charge in [0.1, 0.15) is 11.9 Å². The van der Waals surface area contributed by atoms with Crippen LogP contribution in [-0.4, -0.2) is 56.2 Å². The maximum absolute atomic E-state index is 9.23. The van der Waals surface area contributed by atoms with Gasteiger partial charge in [0, 0.05) is 52.5 Å². The van der Waals surface area contributed by atoms with Crippen molar-refractivity contribution >= 4 is 5.82 Å². The van der Waals surface area contributed by atoms with Crippen LogP contribution in [0.3, 0.4) is 0 Å². The topological polar surface area (TPSA) is 55.2 Å². The van der Waals surface area contributed by atoms with Crippen LogP contribution in [0.25, 0.3) is 0 Å². The third-order valence-corrected chi connectivity index (χ3v) is 3.57. The number of anilines is 1. The molecule has 5 nitrogen and oxygen atoms in total. The lowest BCUT2D eigenvalue weighted by Crippen LogP contribution is -2.46. The van der Waals surface area contributed by atoms with Crippen molar-refractivity contribution in [3.63, 3.8) is 0 Å². The Morgan fingerprint density at radius 2 is 2.21 bits per heavy atom. The van der Waals surface area contributed by atoms with Crippen LogP contribution in [-0.2, 0) is 0 Å². The molecule has 0 saturated carbocycles. The van der Waals surface area contributed by atoms with Crippen molar-refractivity contribution in [2.24, 2.45) is 0 Å². The molecule has 0 aliphatic carbocycles. The Morgan fingerprint density at radius 3 is 2.89 bits per heavy atom. The maximum atomic E-state index is 9.23. The molecule has 1 saturated heterocycles. The highest BCUT2D eigenvalue weighted by Gasteiger charge is 2.14. The fourth-order valence-electron chi connectivity index (χ4n) is 2.30. The molecular weight excluding hydrogens is 238 g/mol. The lowest BCUT2D eigenvalue weighted by molar-refractivity contribution is 0.246. The molecule has 0 atom stereocenters. The lowest BCUT2D eigenvalue weighted by Gasteiger charge is -2.29. The Kier molecular flexibility index (Phi) is 4.72. The first-order chi connectivity index (χ1) is 9.22. The van der Waals surface area contributed by atoms with Gasteiger partial charge in [-0.2, -0.15) is 5.26 Å². The number of hydrogen-bond acceptors (Lipinski definition) is 5. The van der Waals surface area contributed by atoms with Gasteiger partial charge in [-0.25, -0.2) is 4.98 Å². The van der Waals surface area contributed by atoms with Crippen molar-refractivity contribution < 1.29 is 0 Å². The monoisotopic (exact) mass is 259 g/mol. The van der Waals surface area contributed by atoms with Crippen molar-refractivity contribution in [3.8, 4) is 6.07 Å². The normalized spacial score (nSPS) is 16.1. The van der Waals surface area contributed by atoms with E-state index in [1.807, 2.05) is 20.0 Å². The third-order valence-electron chi connectivity index (χ3n) is 3.57. The number of rotatable bonds is 4. The number of aromatic nitrogens is 1. The van der Waals surface area contributed by atoms with Gasteiger partial charge >= 0.3 is 0 Å². The molecule has 1 aliphatic rings. The number of piperazine rings is 1. The summed E-state index contributed by atoms with van der Waals surface area (Å²) in [4.78, 5) is 8.86. The molecular formula is C14H21N5. The fourth-order valence-corrected chi connectivity index (χ4v) is 2.30. The third kappa shape index (κ3) is 3.43. The van der Waals surface area contributed by atoms with E-state index in [0.717, 1.165) is 50.6 Å². The van der Waals surface area contributed by atoms with Crippen LogP contribution in [0.2, 0.25) is 0 Å². The Balaban J connectivity index is 1.98. The van der Waals surface area contributed by atoms with Crippen molar-refractivity contribution in [1.82, 2.24) is 15.2 Å². The standard InChI is InChI=1S/C14H21N5/c1-12-3-4-17-14(13(12)11-15)18(2)9-10-19-7-5-16-6-8-19/h3-4,16H,5-10H2,1-2H3. The number of hydrogen-bond donors (Lipinski definition) is 1. The zero-order valence-corrected chi connectivity index (χ0v) is 11.7. The summed E-state index contributed by atoms with van der Waals surface area (Å²) in [5.74, 6) is 0.789. The molecule has 0 radical (unpaired) electrons. The van der Waals surface area contributed by atoms with E-state index in [9.17, 15) is 5.26 Å². The second-order valence-corrected chi connectivity index (χ2v) is 4.95. The van der Waals surface area contributed by atoms with Crippen molar-refractivity contribution in [3.05, 3.63) is 23.4 Å². The van der Waals surface area contributed by atoms with Crippen molar-refractivity contribution in [2.75, 3.05) is 51.2 Å². The fraction of sp³-hybridized carbons (Fsp3) is 0.571. The quantitative estimate of drug-likeness (QED) is 0.858. The van der Waals surface area contributed by atoms with E-state index in [-0.39, 0.29) is 0 Å². The molecule has 0 spiro atoms. The number of nitrogens with zero attached hydrogens (tertiary/aromatic N) is 4. The van der Waals surface area contributed by atoms with Crippen LogP contribution < -0.4 is 10.2 Å². The predicted molar refractivity (Wildman–Crippen MR) is 76.3 cm³/mol. The Bertz CT molecular complexity index is 459. The second kappa shape index (κ2) is 6.50. The van der Waals surface area contributed by atoms with Crippen LogP contribution >= 0.6 is 0 Å². The molecule has 2 rings (SSSR count). The summed E-state index contributed by atoms with van der Waals surface area (Å²) in [6.07, 6.45) is 1.77. The summed E-state index contributed by atoms with van der Waals surface area (Å²) in [5, 5.41) is 12.6. The van der Waals surface area contributed by atoms with Gasteiger partial charge in [-0.1, -0.05) is 0 Å². The van der Waals surface area contributed by atoms with Crippen LogP contribution in [0.5, 0.6) is 0 Å². The Hall–Kier alpha value is -1.64. The smallest absolute Gasteiger partial charge is 0.146 e. The first-order valence-corrected chi connectivity index (χ1v) is 6.72. The summed E-state index contributed by atoms with van der Waals surface area (Å²) < 4.78 is 0. The summed E-state index contributed by atoms with van der Waals surface area (Å²) >= 11 is 0. The molecule has 1 aliphatic heterocycles. The average Bonchev–Trinajstić information content (AvgIpc) is 2.45. The maximum Gasteiger partial charge on any atom is 0.146 e. The van der Waals surface area contributed by atoms with Gasteiger partial charge in [-0.05, 0) is 18.6 Å². The van der Waals surface area contributed by atoms with Crippen molar-refractivity contribution in [2.45, 2.75) is 6.92 Å². The molecule has 0 unspecified atom stereocenters. The zero-order chi connectivity index (χ0) is 13.7. The Labute approximate surface area is 114 Å². The first kappa shape index (κ1) is 13.8. The number of nitriles is 1. The highest BCUT2D eigenvalue weighted by molar-refractivity contribution is 5.56. The average molecular weight is 259 g/mol. The van der Waals surface area contributed by atoms with Gasteiger partial charge in [-0.3, -0.25) is 4.90 Å². The van der Waals surface area contributed by atoms with Gasteiger partial charge in [0.05, 0.1) is 5.56 Å². The molecule has 1 aromatic heterocycles. The lowest BCUT2D eigenvalue weighted by atomic mass is 10.1. The van der Waals surface area contributed by atoms with E-state index in [4.69, 9.17) is 0 Å². The van der Waals surface area contributed by atoms with Crippen molar-refractivity contribution in [1.29, 1.82) is 5.26 Å². The molecule has 0 amide bonds. The molecule has 19 heavy (non-hydrogen) atoms. The van der Waals surface area contributed by atoms with Gasteiger partial charge in [0.25, 0.3) is 0 Å². The van der Waals surface area contributed by atoms with E-state index in [0.29, 0.717) is 5.56 Å². The molecule has 5 heteroatoms. The van der Waals surface area contributed by atoms with E-state index in [1.165, 1.54) is 0 Å². The van der Waals surface area contributed by atoms with Crippen LogP contribution in [0.15, 0.2) is 12.3 Å². The number of nitrogens with one attached hydrogen (secondary N) is 1. The molecule has 1 N–H and O–H groups in total. The van der Waals surface area contributed by atoms with Gasteiger partial charge in [-0.15, -0.1) is 0 Å². The highest BCUT2D eigenvalue weighted by Crippen LogP contribution is 2.18. The minimum Gasteiger partial charge on any atom is -0.357 e. The van der Waals surface area contributed by atoms with E-state index >= 15 is 0 Å². The molecule has 102 valence electrons. The zero-order valence-electron chi connectivity index (χ0n) is 11.7. The second-order valence-electron chi connectivity index (χ2n) is 4.95. The minimum atomic E-state index is 0.685. The van der Waals surface area contributed by atoms with E-state index < -0.39 is 0 Å². The number of aryl methyl sites for hydroxylation is 1. The van der Waals surface area contributed by atoms with E-state index in [1.54, 1.807) is 6.20 Å². The molecule has 0 bridgehead atoms. The van der Waals surface area contributed by atoms with Gasteiger partial charge in [0.15, 0.2) is 0 Å². The molecule has 1 aromatic rings. The van der Waals surface area contributed by atoms with Crippen LogP contribution in [0.1, 0.15) is 11.1 Å². The first-order valence-electron chi connectivity index (χ1n) is 6.72. The largest absolute Gasteiger partial charge is 0.357 e. The molecule has 1 fully saturated rings.